The number of hydrogen-bond acceptors (Lipinski definition) is 9. The van der Waals surface area contributed by atoms with E-state index in [0.717, 1.165) is 23.8 Å². The van der Waals surface area contributed by atoms with Crippen LogP contribution in [-0.2, 0) is 13.2 Å². The Bertz CT molecular complexity index is 1700. The lowest BCUT2D eigenvalue weighted by atomic mass is 10.2. The molecule has 0 fully saturated rings. The summed E-state index contributed by atoms with van der Waals surface area (Å²) in [6.07, 6.45) is 0. The van der Waals surface area contributed by atoms with E-state index in [9.17, 15) is 0 Å². The van der Waals surface area contributed by atoms with E-state index < -0.39 is 0 Å². The molecule has 3 N–H and O–H groups in total. The lowest BCUT2D eigenvalue weighted by Gasteiger charge is -2.13. The zero-order valence-corrected chi connectivity index (χ0v) is 28.5. The van der Waals surface area contributed by atoms with E-state index >= 15 is 0 Å². The fraction of sp³-hybridized carbons (Fsp3) is 0.156. The minimum absolute atomic E-state index is 0.0339. The van der Waals surface area contributed by atoms with Crippen LogP contribution in [0.4, 0.5) is 0 Å². The maximum Gasteiger partial charge on any atom is 0.223 e. The molecule has 1 aromatic heterocycles. The van der Waals surface area contributed by atoms with Gasteiger partial charge in [-0.15, -0.1) is 0 Å². The number of nitrogens with zero attached hydrogens (tertiary/aromatic N) is 3. The minimum atomic E-state index is 0.0339. The highest BCUT2D eigenvalue weighted by molar-refractivity contribution is 14.1. The fourth-order valence-electron chi connectivity index (χ4n) is 3.92. The number of aromatic nitrogens is 2. The molecule has 228 valence electrons. The number of oxime groups is 1. The number of rotatable bonds is 10. The highest BCUT2D eigenvalue weighted by Gasteiger charge is 2.16. The van der Waals surface area contributed by atoms with Crippen molar-refractivity contribution < 1.29 is 28.7 Å². The maximum atomic E-state index is 8.83. The largest absolute Gasteiger partial charge is 0.493 e. The molecule has 5 rings (SSSR count). The van der Waals surface area contributed by atoms with Crippen LogP contribution in [0.1, 0.15) is 22.6 Å². The Morgan fingerprint density at radius 1 is 0.795 bits per heavy atom. The monoisotopic (exact) mass is 820 g/mol. The van der Waals surface area contributed by atoms with Crippen LogP contribution in [0.25, 0.3) is 11.4 Å². The van der Waals surface area contributed by atoms with Gasteiger partial charge in [-0.1, -0.05) is 71.0 Å². The van der Waals surface area contributed by atoms with Crippen molar-refractivity contribution in [3.05, 3.63) is 115 Å². The Morgan fingerprint density at radius 2 is 1.32 bits per heavy atom. The van der Waals surface area contributed by atoms with Crippen LogP contribution in [0.3, 0.4) is 0 Å². The number of methoxy groups -OCH3 is 2. The molecule has 0 saturated carbocycles. The van der Waals surface area contributed by atoms with E-state index in [1.165, 1.54) is 0 Å². The molecule has 4 aromatic carbocycles. The van der Waals surface area contributed by atoms with Crippen molar-refractivity contribution in [2.24, 2.45) is 10.9 Å². The van der Waals surface area contributed by atoms with Gasteiger partial charge in [0.1, 0.15) is 13.2 Å². The van der Waals surface area contributed by atoms with Crippen LogP contribution in [0.15, 0.2) is 94.6 Å². The van der Waals surface area contributed by atoms with Crippen molar-refractivity contribution in [2.75, 3.05) is 14.2 Å². The summed E-state index contributed by atoms with van der Waals surface area (Å²) in [6, 6.07) is 27.1. The number of amidine groups is 1. The molecule has 0 unspecified atom stereocenters. The molecule has 12 heteroatoms. The third kappa shape index (κ3) is 8.75. The quantitative estimate of drug-likeness (QED) is 0.0493. The lowest BCUT2D eigenvalue weighted by molar-refractivity contribution is 0.284. The Morgan fingerprint density at radius 3 is 1.80 bits per heavy atom. The summed E-state index contributed by atoms with van der Waals surface area (Å²) in [5.74, 6) is 3.57. The zero-order valence-electron chi connectivity index (χ0n) is 24.2. The Hall–Kier alpha value is -4.05. The number of ether oxygens (including phenoxy) is 4. The van der Waals surface area contributed by atoms with Gasteiger partial charge in [0.2, 0.25) is 11.7 Å². The summed E-state index contributed by atoms with van der Waals surface area (Å²) in [5.41, 5.74) is 9.25. The first kappa shape index (κ1) is 32.9. The summed E-state index contributed by atoms with van der Waals surface area (Å²) < 4.78 is 29.3. The molecule has 0 aliphatic carbocycles. The minimum Gasteiger partial charge on any atom is -0.493 e. The molecule has 0 saturated heterocycles. The van der Waals surface area contributed by atoms with Crippen molar-refractivity contribution in [1.82, 2.24) is 10.1 Å². The molecule has 0 aliphatic heterocycles. The van der Waals surface area contributed by atoms with E-state index in [2.05, 4.69) is 60.5 Å². The van der Waals surface area contributed by atoms with Gasteiger partial charge in [-0.2, -0.15) is 4.98 Å². The van der Waals surface area contributed by atoms with E-state index in [-0.39, 0.29) is 5.84 Å². The molecular weight excluding hydrogens is 790 g/mol. The Balaban J connectivity index is 0.000000202. The van der Waals surface area contributed by atoms with Crippen LogP contribution in [0, 0.1) is 14.1 Å². The summed E-state index contributed by atoms with van der Waals surface area (Å²) >= 11 is 4.32. The average molecular weight is 820 g/mol. The average Bonchev–Trinajstić information content (AvgIpc) is 3.49. The van der Waals surface area contributed by atoms with Gasteiger partial charge in [0.25, 0.3) is 0 Å². The number of nitrogens with two attached hydrogens (primary N) is 1. The summed E-state index contributed by atoms with van der Waals surface area (Å²) in [6.45, 7) is 2.63. The Kier molecular flexibility index (Phi) is 12.1. The molecule has 0 amide bonds. The number of aryl methyl sites for hydroxylation is 1. The van der Waals surface area contributed by atoms with Crippen LogP contribution >= 0.6 is 45.2 Å². The first-order valence-corrected chi connectivity index (χ1v) is 15.4. The molecule has 10 nitrogen and oxygen atoms in total. The van der Waals surface area contributed by atoms with Crippen molar-refractivity contribution in [3.8, 4) is 34.4 Å². The molecule has 0 bridgehead atoms. The predicted molar refractivity (Wildman–Crippen MR) is 184 cm³/mol. The van der Waals surface area contributed by atoms with Gasteiger partial charge < -0.3 is 34.4 Å². The lowest BCUT2D eigenvalue weighted by Crippen LogP contribution is -2.15. The highest BCUT2D eigenvalue weighted by Crippen LogP contribution is 2.36. The standard InChI is InChI=1S/C17H15IN2O3.C15H15IN2O3/c1-11-19-17(20-23-11)13-8-16(15(21-2)9-14(13)18)22-10-12-6-4-3-5-7-12;1-20-13-8-12(16)11(15(17)18-19)7-14(13)21-9-10-5-3-2-4-6-10/h3-9H,10H2,1-2H3;2-8,19H,9H2,1H3,(H2,17,18). The van der Waals surface area contributed by atoms with E-state index in [4.69, 9.17) is 34.4 Å². The molecule has 0 radical (unpaired) electrons. The zero-order chi connectivity index (χ0) is 31.5. The van der Waals surface area contributed by atoms with Gasteiger partial charge in [0, 0.05) is 25.2 Å². The number of benzene rings is 4. The second-order valence-corrected chi connectivity index (χ2v) is 11.5. The Labute approximate surface area is 282 Å². The molecule has 0 atom stereocenters. The van der Waals surface area contributed by atoms with Crippen LogP contribution in [0.5, 0.6) is 23.0 Å². The van der Waals surface area contributed by atoms with E-state index in [1.807, 2.05) is 72.8 Å². The van der Waals surface area contributed by atoms with Crippen LogP contribution in [-0.4, -0.2) is 35.4 Å². The van der Waals surface area contributed by atoms with Gasteiger partial charge in [0.05, 0.1) is 14.2 Å². The van der Waals surface area contributed by atoms with Gasteiger partial charge in [-0.3, -0.25) is 0 Å². The number of halogens is 2. The SMILES string of the molecule is COc1cc(I)c(-c2noc(C)n2)cc1OCc1ccccc1.COc1cc(I)c(C(N)=NO)cc1OCc1ccccc1. The first-order chi connectivity index (χ1) is 21.3. The van der Waals surface area contributed by atoms with Gasteiger partial charge >= 0.3 is 0 Å². The van der Waals surface area contributed by atoms with Crippen LogP contribution in [0.2, 0.25) is 0 Å². The summed E-state index contributed by atoms with van der Waals surface area (Å²) in [5, 5.41) is 15.8. The number of hydrogen-bond donors (Lipinski definition) is 2. The third-order valence-electron chi connectivity index (χ3n) is 6.13. The van der Waals surface area contributed by atoms with Gasteiger partial charge in [0.15, 0.2) is 28.8 Å². The summed E-state index contributed by atoms with van der Waals surface area (Å²) in [4.78, 5) is 4.28. The molecule has 1 heterocycles. The van der Waals surface area contributed by atoms with E-state index in [0.29, 0.717) is 53.5 Å². The molecular formula is C32H30I2N4O6. The molecule has 44 heavy (non-hydrogen) atoms. The normalized spacial score (nSPS) is 10.9. The van der Waals surface area contributed by atoms with Gasteiger partial charge in [-0.25, -0.2) is 0 Å². The van der Waals surface area contributed by atoms with Crippen molar-refractivity contribution in [2.45, 2.75) is 20.1 Å². The second-order valence-electron chi connectivity index (χ2n) is 9.14. The maximum absolute atomic E-state index is 8.83. The third-order valence-corrected chi connectivity index (χ3v) is 7.92. The van der Waals surface area contributed by atoms with Gasteiger partial charge in [-0.05, 0) is 80.6 Å². The highest BCUT2D eigenvalue weighted by atomic mass is 127. The van der Waals surface area contributed by atoms with Crippen molar-refractivity contribution >= 4 is 51.0 Å². The van der Waals surface area contributed by atoms with Crippen molar-refractivity contribution in [3.63, 3.8) is 0 Å². The fourth-order valence-corrected chi connectivity index (χ4v) is 5.31. The molecule has 5 aromatic rings. The van der Waals surface area contributed by atoms with E-state index in [1.54, 1.807) is 33.3 Å². The smallest absolute Gasteiger partial charge is 0.223 e. The second kappa shape index (κ2) is 16.1. The topological polar surface area (TPSA) is 134 Å². The molecule has 0 aliphatic rings. The first-order valence-electron chi connectivity index (χ1n) is 13.2. The summed E-state index contributed by atoms with van der Waals surface area (Å²) in [7, 11) is 3.20. The van der Waals surface area contributed by atoms with Crippen LogP contribution < -0.4 is 24.7 Å². The predicted octanol–water partition coefficient (Wildman–Crippen LogP) is 7.21. The molecule has 0 spiro atoms. The van der Waals surface area contributed by atoms with Crippen molar-refractivity contribution in [1.29, 1.82) is 0 Å².